The van der Waals surface area contributed by atoms with Crippen molar-refractivity contribution in [2.45, 2.75) is 30.0 Å². The monoisotopic (exact) mass is 512 g/mol. The van der Waals surface area contributed by atoms with Gasteiger partial charge in [0.2, 0.25) is 0 Å². The van der Waals surface area contributed by atoms with Gasteiger partial charge in [-0.25, -0.2) is 18.8 Å². The van der Waals surface area contributed by atoms with Crippen LogP contribution in [0.1, 0.15) is 31.1 Å². The van der Waals surface area contributed by atoms with Crippen LogP contribution in [0, 0.1) is 0 Å². The quantitative estimate of drug-likeness (QED) is 0.260. The third kappa shape index (κ3) is 6.08. The molecule has 9 heteroatoms. The summed E-state index contributed by atoms with van der Waals surface area (Å²) >= 11 is 6.33. The number of carbonyl (C=O) groups is 3. The van der Waals surface area contributed by atoms with Crippen LogP contribution >= 0.6 is 11.6 Å². The summed E-state index contributed by atoms with van der Waals surface area (Å²) in [4.78, 5) is 37.7. The third-order valence-corrected chi connectivity index (χ3v) is 5.80. The summed E-state index contributed by atoms with van der Waals surface area (Å²) in [5, 5.41) is 0. The van der Waals surface area contributed by atoms with Gasteiger partial charge in [0, 0.05) is 0 Å². The Balaban J connectivity index is 1.52. The van der Waals surface area contributed by atoms with Crippen molar-refractivity contribution >= 4 is 29.5 Å². The van der Waals surface area contributed by atoms with Gasteiger partial charge in [0.15, 0.2) is 23.9 Å². The zero-order valence-corrected chi connectivity index (χ0v) is 19.6. The number of alkyl halides is 2. The number of hydrogen-bond donors (Lipinski definition) is 0. The second-order valence-corrected chi connectivity index (χ2v) is 8.34. The summed E-state index contributed by atoms with van der Waals surface area (Å²) in [6.45, 7) is -0.503. The van der Waals surface area contributed by atoms with Gasteiger partial charge in [-0.15, -0.1) is 0 Å². The van der Waals surface area contributed by atoms with E-state index in [0.717, 1.165) is 0 Å². The molecule has 0 saturated carbocycles. The Morgan fingerprint density at radius 1 is 0.694 bits per heavy atom. The number of benzene rings is 3. The highest BCUT2D eigenvalue weighted by atomic mass is 35.5. The van der Waals surface area contributed by atoms with Gasteiger partial charge in [0.1, 0.15) is 12.7 Å². The van der Waals surface area contributed by atoms with E-state index < -0.39 is 54.6 Å². The van der Waals surface area contributed by atoms with Gasteiger partial charge in [-0.1, -0.05) is 66.2 Å². The van der Waals surface area contributed by atoms with E-state index in [4.69, 9.17) is 30.5 Å². The highest BCUT2D eigenvalue weighted by Crippen LogP contribution is 2.31. The number of carbonyl (C=O) groups excluding carboxylic acids is 3. The van der Waals surface area contributed by atoms with Crippen molar-refractivity contribution in [1.29, 1.82) is 0 Å². The van der Waals surface area contributed by atoms with Crippen molar-refractivity contribution in [2.75, 3.05) is 6.61 Å². The molecule has 1 heterocycles. The Labute approximate surface area is 211 Å². The lowest BCUT2D eigenvalue weighted by Crippen LogP contribution is -2.58. The molecule has 7 nitrogen and oxygen atoms in total. The molecule has 1 aliphatic rings. The first-order chi connectivity index (χ1) is 17.4. The van der Waals surface area contributed by atoms with Crippen molar-refractivity contribution < 1.29 is 37.7 Å². The van der Waals surface area contributed by atoms with Crippen molar-refractivity contribution in [3.63, 3.8) is 0 Å². The molecule has 0 unspecified atom stereocenters. The highest BCUT2D eigenvalue weighted by molar-refractivity contribution is 6.20. The largest absolute Gasteiger partial charge is 0.459 e. The fourth-order valence-corrected chi connectivity index (χ4v) is 3.92. The van der Waals surface area contributed by atoms with Crippen LogP contribution in [0.4, 0.5) is 4.39 Å². The average molecular weight is 513 g/mol. The third-order valence-electron chi connectivity index (χ3n) is 5.45. The van der Waals surface area contributed by atoms with Gasteiger partial charge >= 0.3 is 17.9 Å². The first kappa shape index (κ1) is 25.3. The maximum Gasteiger partial charge on any atom is 0.338 e. The van der Waals surface area contributed by atoms with Gasteiger partial charge in [-0.2, -0.15) is 0 Å². The van der Waals surface area contributed by atoms with Crippen LogP contribution in [0.5, 0.6) is 0 Å². The minimum Gasteiger partial charge on any atom is -0.459 e. The van der Waals surface area contributed by atoms with Crippen LogP contribution in [0.15, 0.2) is 91.0 Å². The smallest absolute Gasteiger partial charge is 0.338 e. The fourth-order valence-electron chi connectivity index (χ4n) is 3.59. The molecule has 0 aromatic heterocycles. The van der Waals surface area contributed by atoms with E-state index in [-0.39, 0.29) is 16.7 Å². The minimum atomic E-state index is -2.02. The zero-order valence-electron chi connectivity index (χ0n) is 18.9. The van der Waals surface area contributed by atoms with E-state index in [9.17, 15) is 14.4 Å². The predicted octanol–water partition coefficient (Wildman–Crippen LogP) is 4.60. The SMILES string of the molecule is O=C(OC[C@H]1O[C@H](Cl)[C@H](OC(=O)c2ccccc2)[C@@H](OC(=O)c2ccccc2)[C@@H]1F)c1ccccc1. The topological polar surface area (TPSA) is 88.1 Å². The summed E-state index contributed by atoms with van der Waals surface area (Å²) in [7, 11) is 0. The molecule has 0 radical (unpaired) electrons. The Kier molecular flexibility index (Phi) is 8.30. The molecular weight excluding hydrogens is 491 g/mol. The van der Waals surface area contributed by atoms with Crippen LogP contribution < -0.4 is 0 Å². The van der Waals surface area contributed by atoms with Crippen LogP contribution in [0.25, 0.3) is 0 Å². The first-order valence-corrected chi connectivity index (χ1v) is 11.6. The van der Waals surface area contributed by atoms with E-state index >= 15 is 4.39 Å². The van der Waals surface area contributed by atoms with Gasteiger partial charge in [0.05, 0.1) is 16.7 Å². The lowest BCUT2D eigenvalue weighted by molar-refractivity contribution is -0.189. The predicted molar refractivity (Wildman–Crippen MR) is 127 cm³/mol. The lowest BCUT2D eigenvalue weighted by Gasteiger charge is -2.40. The molecule has 3 aromatic carbocycles. The fraction of sp³-hybridized carbons (Fsp3) is 0.222. The van der Waals surface area contributed by atoms with Crippen LogP contribution in [0.3, 0.4) is 0 Å². The molecule has 186 valence electrons. The Bertz CT molecular complexity index is 1180. The van der Waals surface area contributed by atoms with Crippen molar-refractivity contribution in [1.82, 2.24) is 0 Å². The van der Waals surface area contributed by atoms with E-state index in [0.29, 0.717) is 0 Å². The van der Waals surface area contributed by atoms with Gasteiger partial charge < -0.3 is 18.9 Å². The van der Waals surface area contributed by atoms with Crippen molar-refractivity contribution in [3.05, 3.63) is 108 Å². The number of ether oxygens (including phenoxy) is 4. The number of hydrogen-bond acceptors (Lipinski definition) is 7. The Morgan fingerprint density at radius 3 is 1.58 bits per heavy atom. The molecule has 0 amide bonds. The van der Waals surface area contributed by atoms with Gasteiger partial charge in [0.25, 0.3) is 0 Å². The highest BCUT2D eigenvalue weighted by Gasteiger charge is 2.51. The molecule has 3 aromatic rings. The van der Waals surface area contributed by atoms with E-state index in [1.165, 1.54) is 24.3 Å². The van der Waals surface area contributed by atoms with Crippen LogP contribution in [-0.4, -0.2) is 54.6 Å². The molecule has 1 fully saturated rings. The summed E-state index contributed by atoms with van der Waals surface area (Å²) in [5.74, 6) is -2.32. The molecule has 1 saturated heterocycles. The van der Waals surface area contributed by atoms with Gasteiger partial charge in [-0.3, -0.25) is 0 Å². The maximum atomic E-state index is 15.7. The molecule has 4 rings (SSSR count). The number of halogens is 2. The molecule has 0 N–H and O–H groups in total. The van der Waals surface area contributed by atoms with E-state index in [1.54, 1.807) is 66.7 Å². The second-order valence-electron chi connectivity index (χ2n) is 7.91. The molecule has 0 aliphatic carbocycles. The summed E-state index contributed by atoms with van der Waals surface area (Å²) < 4.78 is 37.2. The molecule has 1 aliphatic heterocycles. The van der Waals surface area contributed by atoms with Crippen molar-refractivity contribution in [3.8, 4) is 0 Å². The molecule has 0 bridgehead atoms. The average Bonchev–Trinajstić information content (AvgIpc) is 2.92. The number of rotatable bonds is 7. The molecule has 5 atom stereocenters. The molecule has 36 heavy (non-hydrogen) atoms. The van der Waals surface area contributed by atoms with Crippen molar-refractivity contribution in [2.24, 2.45) is 0 Å². The normalized spacial score (nSPS) is 23.3. The summed E-state index contributed by atoms with van der Waals surface area (Å²) in [5.41, 5.74) is -0.752. The van der Waals surface area contributed by atoms with Gasteiger partial charge in [-0.05, 0) is 36.4 Å². The number of esters is 3. The lowest BCUT2D eigenvalue weighted by atomic mass is 10.0. The van der Waals surface area contributed by atoms with E-state index in [1.807, 2.05) is 0 Å². The Hall–Kier alpha value is -3.75. The summed E-state index contributed by atoms with van der Waals surface area (Å²) in [6.07, 6.45) is -6.49. The molecule has 0 spiro atoms. The maximum absolute atomic E-state index is 15.7. The summed E-state index contributed by atoms with van der Waals surface area (Å²) in [6, 6.07) is 24.1. The second kappa shape index (κ2) is 11.8. The minimum absolute atomic E-state index is 0.169. The van der Waals surface area contributed by atoms with E-state index in [2.05, 4.69) is 0 Å². The zero-order chi connectivity index (χ0) is 25.5. The standard InChI is InChI=1S/C27H22ClFO7/c28-24-23(36-27(32)19-14-8-3-9-15-19)22(35-26(31)18-12-6-2-7-13-18)21(29)20(34-24)16-33-25(30)17-10-4-1-5-11-17/h1-15,20-24H,16H2/t20-,21-,22+,23-,24+/m1/s1. The van der Waals surface area contributed by atoms with Crippen LogP contribution in [0.2, 0.25) is 0 Å². The molecular formula is C27H22ClFO7. The van der Waals surface area contributed by atoms with Crippen LogP contribution in [-0.2, 0) is 18.9 Å². The Morgan fingerprint density at radius 2 is 1.11 bits per heavy atom. The first-order valence-electron chi connectivity index (χ1n) is 11.1.